The molecule has 1 aliphatic carbocycles. The number of ether oxygens (including phenoxy) is 1. The molecule has 0 saturated heterocycles. The van der Waals surface area contributed by atoms with Crippen molar-refractivity contribution in [3.8, 4) is 5.75 Å². The van der Waals surface area contributed by atoms with Crippen molar-refractivity contribution in [2.75, 3.05) is 13.7 Å². The SMILES string of the molecule is COc1cccc(C2(O)C(C)CCCC2(C)CN)c1. The molecule has 0 bridgehead atoms. The zero-order valence-corrected chi connectivity index (χ0v) is 12.1. The van der Waals surface area contributed by atoms with E-state index in [0.717, 1.165) is 30.6 Å². The van der Waals surface area contributed by atoms with Gasteiger partial charge in [-0.1, -0.05) is 32.4 Å². The summed E-state index contributed by atoms with van der Waals surface area (Å²) in [6.07, 6.45) is 3.12. The lowest BCUT2D eigenvalue weighted by Crippen LogP contribution is -2.54. The maximum absolute atomic E-state index is 11.4. The van der Waals surface area contributed by atoms with Gasteiger partial charge in [0.25, 0.3) is 0 Å². The molecule has 1 fully saturated rings. The number of rotatable bonds is 3. The highest BCUT2D eigenvalue weighted by Crippen LogP contribution is 2.53. The molecule has 1 aliphatic rings. The van der Waals surface area contributed by atoms with E-state index in [2.05, 4.69) is 13.8 Å². The lowest BCUT2D eigenvalue weighted by atomic mass is 9.57. The zero-order valence-electron chi connectivity index (χ0n) is 12.1. The predicted molar refractivity (Wildman–Crippen MR) is 77.1 cm³/mol. The Balaban J connectivity index is 2.51. The van der Waals surface area contributed by atoms with Crippen molar-refractivity contribution in [2.45, 2.75) is 38.7 Å². The Morgan fingerprint density at radius 3 is 2.84 bits per heavy atom. The summed E-state index contributed by atoms with van der Waals surface area (Å²) in [4.78, 5) is 0. The number of methoxy groups -OCH3 is 1. The first-order valence-corrected chi connectivity index (χ1v) is 7.05. The Labute approximate surface area is 115 Å². The molecule has 19 heavy (non-hydrogen) atoms. The third kappa shape index (κ3) is 2.15. The van der Waals surface area contributed by atoms with Crippen molar-refractivity contribution in [3.63, 3.8) is 0 Å². The van der Waals surface area contributed by atoms with Crippen molar-refractivity contribution in [1.29, 1.82) is 0 Å². The number of hydrogen-bond donors (Lipinski definition) is 2. The van der Waals surface area contributed by atoms with Gasteiger partial charge in [0.1, 0.15) is 5.75 Å². The zero-order chi connectivity index (χ0) is 14.1. The van der Waals surface area contributed by atoms with E-state index in [4.69, 9.17) is 10.5 Å². The maximum atomic E-state index is 11.4. The highest BCUT2D eigenvalue weighted by molar-refractivity contribution is 5.35. The monoisotopic (exact) mass is 263 g/mol. The second-order valence-electron chi connectivity index (χ2n) is 6.06. The molecular formula is C16H25NO2. The standard InChI is InChI=1S/C16H25NO2/c1-12-6-5-9-15(2,11-17)16(12,18)13-7-4-8-14(10-13)19-3/h4,7-8,10,12,18H,5-6,9,11,17H2,1-3H3. The van der Waals surface area contributed by atoms with Crippen LogP contribution in [-0.4, -0.2) is 18.8 Å². The highest BCUT2D eigenvalue weighted by atomic mass is 16.5. The van der Waals surface area contributed by atoms with E-state index in [-0.39, 0.29) is 11.3 Å². The summed E-state index contributed by atoms with van der Waals surface area (Å²) in [5.74, 6) is 0.977. The first kappa shape index (κ1) is 14.4. The van der Waals surface area contributed by atoms with Crippen LogP contribution in [0.1, 0.15) is 38.7 Å². The van der Waals surface area contributed by atoms with Crippen LogP contribution in [0, 0.1) is 11.3 Å². The number of nitrogens with two attached hydrogens (primary N) is 1. The molecule has 0 aromatic heterocycles. The summed E-state index contributed by atoms with van der Waals surface area (Å²) < 4.78 is 5.29. The Bertz CT molecular complexity index is 448. The van der Waals surface area contributed by atoms with Crippen LogP contribution in [0.2, 0.25) is 0 Å². The smallest absolute Gasteiger partial charge is 0.119 e. The number of benzene rings is 1. The van der Waals surface area contributed by atoms with Crippen LogP contribution < -0.4 is 10.5 Å². The van der Waals surface area contributed by atoms with E-state index in [1.807, 2.05) is 24.3 Å². The van der Waals surface area contributed by atoms with Crippen molar-refractivity contribution in [3.05, 3.63) is 29.8 Å². The van der Waals surface area contributed by atoms with Crippen molar-refractivity contribution < 1.29 is 9.84 Å². The van der Waals surface area contributed by atoms with E-state index in [0.29, 0.717) is 6.54 Å². The van der Waals surface area contributed by atoms with Crippen LogP contribution in [-0.2, 0) is 5.60 Å². The van der Waals surface area contributed by atoms with E-state index in [1.165, 1.54) is 0 Å². The van der Waals surface area contributed by atoms with Crippen LogP contribution in [0.4, 0.5) is 0 Å². The molecule has 3 unspecified atom stereocenters. The van der Waals surface area contributed by atoms with E-state index in [1.54, 1.807) is 7.11 Å². The van der Waals surface area contributed by atoms with Gasteiger partial charge >= 0.3 is 0 Å². The third-order valence-electron chi connectivity index (χ3n) is 4.96. The summed E-state index contributed by atoms with van der Waals surface area (Å²) >= 11 is 0. The largest absolute Gasteiger partial charge is 0.497 e. The fourth-order valence-corrected chi connectivity index (χ4v) is 3.54. The van der Waals surface area contributed by atoms with Gasteiger partial charge in [-0.05, 0) is 36.5 Å². The lowest BCUT2D eigenvalue weighted by molar-refractivity contribution is -0.145. The summed E-state index contributed by atoms with van der Waals surface area (Å²) in [6.45, 7) is 4.71. The molecular weight excluding hydrogens is 238 g/mol. The Hall–Kier alpha value is -1.06. The minimum Gasteiger partial charge on any atom is -0.497 e. The van der Waals surface area contributed by atoms with Gasteiger partial charge in [0, 0.05) is 12.0 Å². The second kappa shape index (κ2) is 5.14. The van der Waals surface area contributed by atoms with Crippen LogP contribution >= 0.6 is 0 Å². The molecule has 0 spiro atoms. The molecule has 1 saturated carbocycles. The van der Waals surface area contributed by atoms with Gasteiger partial charge in [-0.25, -0.2) is 0 Å². The van der Waals surface area contributed by atoms with E-state index < -0.39 is 5.60 Å². The molecule has 3 heteroatoms. The van der Waals surface area contributed by atoms with Gasteiger partial charge < -0.3 is 15.6 Å². The maximum Gasteiger partial charge on any atom is 0.119 e. The van der Waals surface area contributed by atoms with Gasteiger partial charge in [0.05, 0.1) is 12.7 Å². The molecule has 106 valence electrons. The molecule has 0 heterocycles. The van der Waals surface area contributed by atoms with Crippen molar-refractivity contribution >= 4 is 0 Å². The minimum atomic E-state index is -0.880. The molecule has 3 nitrogen and oxygen atoms in total. The number of aliphatic hydroxyl groups is 1. The van der Waals surface area contributed by atoms with Crippen molar-refractivity contribution in [2.24, 2.45) is 17.1 Å². The summed E-state index contributed by atoms with van der Waals surface area (Å²) in [5, 5.41) is 11.4. The van der Waals surface area contributed by atoms with Crippen LogP contribution in [0.5, 0.6) is 5.75 Å². The quantitative estimate of drug-likeness (QED) is 0.881. The van der Waals surface area contributed by atoms with Crippen LogP contribution in [0.3, 0.4) is 0 Å². The van der Waals surface area contributed by atoms with E-state index >= 15 is 0 Å². The lowest BCUT2D eigenvalue weighted by Gasteiger charge is -2.52. The van der Waals surface area contributed by atoms with Crippen molar-refractivity contribution in [1.82, 2.24) is 0 Å². The van der Waals surface area contributed by atoms with Gasteiger partial charge in [-0.15, -0.1) is 0 Å². The summed E-state index contributed by atoms with van der Waals surface area (Å²) in [7, 11) is 1.65. The average Bonchev–Trinajstić information content (AvgIpc) is 2.44. The first-order chi connectivity index (χ1) is 8.98. The molecule has 1 aromatic carbocycles. The average molecular weight is 263 g/mol. The molecule has 0 radical (unpaired) electrons. The summed E-state index contributed by atoms with van der Waals surface area (Å²) in [6, 6.07) is 7.76. The Morgan fingerprint density at radius 2 is 2.21 bits per heavy atom. The molecule has 3 atom stereocenters. The van der Waals surface area contributed by atoms with Crippen LogP contribution in [0.15, 0.2) is 24.3 Å². The molecule has 0 amide bonds. The highest BCUT2D eigenvalue weighted by Gasteiger charge is 2.52. The molecule has 0 aliphatic heterocycles. The Kier molecular flexibility index (Phi) is 3.88. The summed E-state index contributed by atoms with van der Waals surface area (Å²) in [5.41, 5.74) is 5.75. The Morgan fingerprint density at radius 1 is 1.47 bits per heavy atom. The first-order valence-electron chi connectivity index (χ1n) is 7.05. The van der Waals surface area contributed by atoms with Crippen LogP contribution in [0.25, 0.3) is 0 Å². The molecule has 1 aromatic rings. The fraction of sp³-hybridized carbons (Fsp3) is 0.625. The predicted octanol–water partition coefficient (Wildman–Crippen LogP) is 2.67. The van der Waals surface area contributed by atoms with Gasteiger partial charge in [0.15, 0.2) is 0 Å². The second-order valence-corrected chi connectivity index (χ2v) is 6.06. The topological polar surface area (TPSA) is 55.5 Å². The number of hydrogen-bond acceptors (Lipinski definition) is 3. The van der Waals surface area contributed by atoms with E-state index in [9.17, 15) is 5.11 Å². The normalized spacial score (nSPS) is 35.1. The van der Waals surface area contributed by atoms with Gasteiger partial charge in [0.2, 0.25) is 0 Å². The van der Waals surface area contributed by atoms with Gasteiger partial charge in [-0.3, -0.25) is 0 Å². The van der Waals surface area contributed by atoms with Gasteiger partial charge in [-0.2, -0.15) is 0 Å². The minimum absolute atomic E-state index is 0.196. The fourth-order valence-electron chi connectivity index (χ4n) is 3.54. The third-order valence-corrected chi connectivity index (χ3v) is 4.96. The molecule has 3 N–H and O–H groups in total. The molecule has 2 rings (SSSR count).